The van der Waals surface area contributed by atoms with Crippen LogP contribution in [0.25, 0.3) is 111 Å². The van der Waals surface area contributed by atoms with Crippen molar-refractivity contribution in [2.45, 2.75) is 57.3 Å². The van der Waals surface area contributed by atoms with Gasteiger partial charge in [-0.25, -0.2) is 0 Å². The molecule has 17 rings (SSSR count). The Hall–Kier alpha value is -10.0. The third kappa shape index (κ3) is 7.62. The molecule has 5 aliphatic rings. The first-order chi connectivity index (χ1) is 41.0. The van der Waals surface area contributed by atoms with E-state index in [1.165, 1.54) is 100 Å². The first-order valence-electron chi connectivity index (χ1n) is 29.3. The summed E-state index contributed by atoms with van der Waals surface area (Å²) in [6.45, 7) is 2.35. The van der Waals surface area contributed by atoms with E-state index in [9.17, 15) is 0 Å². The Labute approximate surface area is 482 Å². The first-order valence-corrected chi connectivity index (χ1v) is 29.3. The van der Waals surface area contributed by atoms with E-state index in [0.717, 1.165) is 106 Å². The van der Waals surface area contributed by atoms with Crippen LogP contribution >= 0.6 is 0 Å². The molecular formula is C77H56N6. The Morgan fingerprint density at radius 2 is 1.06 bits per heavy atom. The second kappa shape index (κ2) is 18.8. The predicted octanol–water partition coefficient (Wildman–Crippen LogP) is 18.7. The Balaban J connectivity index is 0.693. The standard InChI is InChI=1S/C77H56N6/c1-77(34-7-4-17-68(77)70-19-6-9-36-79-70)57-29-33-72-67(45-57)76-74(21-12-38-81-76)83(72)59-31-27-55-41-53-25-23-51(43-63(53)65(55)47-59)49-14-10-13-48(39-49)50-22-24-52-40-54-26-30-58(46-64(54)62(52)42-50)82-71-32-28-56(44-66(71)75-73(82)20-11-37-80-75)60-15-2-3-16-61(60)69-18-5-8-35-78-69/h2,4,6-15,17,19-33,35-39,42-47H,3,5,16,18,34,40-41H2,1H3. The molecule has 6 heterocycles. The van der Waals surface area contributed by atoms with Crippen molar-refractivity contribution in [3.63, 3.8) is 0 Å². The van der Waals surface area contributed by atoms with Crippen LogP contribution in [0.4, 0.5) is 0 Å². The van der Waals surface area contributed by atoms with E-state index in [2.05, 4.69) is 222 Å². The summed E-state index contributed by atoms with van der Waals surface area (Å²) in [7, 11) is 0. The van der Waals surface area contributed by atoms with E-state index in [1.54, 1.807) is 0 Å². The average molecular weight is 1070 g/mol. The Morgan fingerprint density at radius 3 is 1.71 bits per heavy atom. The van der Waals surface area contributed by atoms with E-state index in [0.29, 0.717) is 0 Å². The fourth-order valence-corrected chi connectivity index (χ4v) is 14.5. The maximum Gasteiger partial charge on any atom is 0.0963 e. The van der Waals surface area contributed by atoms with Crippen molar-refractivity contribution in [1.29, 1.82) is 0 Å². The van der Waals surface area contributed by atoms with Crippen molar-refractivity contribution in [1.82, 2.24) is 24.1 Å². The molecule has 6 nitrogen and oxygen atoms in total. The van der Waals surface area contributed by atoms with Crippen molar-refractivity contribution in [2.24, 2.45) is 4.99 Å². The van der Waals surface area contributed by atoms with Gasteiger partial charge in [-0.1, -0.05) is 116 Å². The SMILES string of the molecule is CC1(c2ccc3c(c2)c2ncccc2n3-c2ccc3c(c2)-c2cc(-c4cccc(-c5ccc6c(c5)-c5cc(-n7c8ccc(C9=C(C%10=NC=CCC%10)CCC=C9)cc8c8ncccc87)ccc5C6)c4)ccc2C3)CC=CC=C1c1ccccn1. The van der Waals surface area contributed by atoms with Gasteiger partial charge in [0.25, 0.3) is 0 Å². The van der Waals surface area contributed by atoms with Crippen LogP contribution < -0.4 is 0 Å². The lowest BCUT2D eigenvalue weighted by atomic mass is 9.70. The summed E-state index contributed by atoms with van der Waals surface area (Å²) in [4.78, 5) is 19.7. The minimum Gasteiger partial charge on any atom is -0.308 e. The summed E-state index contributed by atoms with van der Waals surface area (Å²) >= 11 is 0. The molecule has 12 aromatic rings. The predicted molar refractivity (Wildman–Crippen MR) is 342 cm³/mol. The average Bonchev–Trinajstić information content (AvgIpc) is 2.77. The molecule has 83 heavy (non-hydrogen) atoms. The molecule has 394 valence electrons. The van der Waals surface area contributed by atoms with Gasteiger partial charge in [-0.15, -0.1) is 0 Å². The Bertz CT molecular complexity index is 4960. The molecule has 7 aromatic carbocycles. The molecule has 0 amide bonds. The molecule has 0 saturated heterocycles. The molecule has 5 aromatic heterocycles. The van der Waals surface area contributed by atoms with E-state index >= 15 is 0 Å². The molecule has 0 N–H and O–H groups in total. The molecule has 1 aliphatic heterocycles. The van der Waals surface area contributed by atoms with Crippen molar-refractivity contribution in [3.8, 4) is 55.9 Å². The van der Waals surface area contributed by atoms with E-state index in [4.69, 9.17) is 19.9 Å². The maximum absolute atomic E-state index is 5.04. The zero-order valence-electron chi connectivity index (χ0n) is 46.1. The highest BCUT2D eigenvalue weighted by molar-refractivity contribution is 6.12. The van der Waals surface area contributed by atoms with Crippen molar-refractivity contribution < 1.29 is 0 Å². The first kappa shape index (κ1) is 47.7. The van der Waals surface area contributed by atoms with E-state index in [-0.39, 0.29) is 5.41 Å². The van der Waals surface area contributed by atoms with Gasteiger partial charge >= 0.3 is 0 Å². The monoisotopic (exact) mass is 1060 g/mol. The van der Waals surface area contributed by atoms with Gasteiger partial charge in [0.15, 0.2) is 0 Å². The van der Waals surface area contributed by atoms with E-state index in [1.807, 2.05) is 30.9 Å². The zero-order valence-corrected chi connectivity index (χ0v) is 46.1. The van der Waals surface area contributed by atoms with Gasteiger partial charge in [0.1, 0.15) is 0 Å². The largest absolute Gasteiger partial charge is 0.308 e. The van der Waals surface area contributed by atoms with Gasteiger partial charge in [0, 0.05) is 58.1 Å². The second-order valence-electron chi connectivity index (χ2n) is 23.3. The van der Waals surface area contributed by atoms with Crippen LogP contribution in [0.2, 0.25) is 0 Å². The number of aromatic nitrogens is 5. The lowest BCUT2D eigenvalue weighted by Gasteiger charge is -2.34. The normalized spacial score (nSPS) is 16.9. The minimum atomic E-state index is -0.242. The van der Waals surface area contributed by atoms with E-state index < -0.39 is 0 Å². The third-order valence-corrected chi connectivity index (χ3v) is 18.6. The molecule has 0 bridgehead atoms. The number of hydrogen-bond acceptors (Lipinski definition) is 4. The number of pyridine rings is 3. The fraction of sp³-hybridized carbons (Fsp3) is 0.117. The van der Waals surface area contributed by atoms with Gasteiger partial charge in [-0.2, -0.15) is 0 Å². The number of hydrogen-bond donors (Lipinski definition) is 0. The number of rotatable bonds is 8. The van der Waals surface area contributed by atoms with Crippen LogP contribution in [0, 0.1) is 0 Å². The molecule has 1 unspecified atom stereocenters. The molecule has 0 radical (unpaired) electrons. The molecule has 0 saturated carbocycles. The van der Waals surface area contributed by atoms with Crippen molar-refractivity contribution in [2.75, 3.05) is 0 Å². The van der Waals surface area contributed by atoms with Gasteiger partial charge in [-0.05, 0) is 243 Å². The van der Waals surface area contributed by atoms with Crippen molar-refractivity contribution >= 4 is 60.7 Å². The molecule has 0 fully saturated rings. The van der Waals surface area contributed by atoms with Crippen LogP contribution in [-0.2, 0) is 18.3 Å². The van der Waals surface area contributed by atoms with Crippen LogP contribution in [0.15, 0.2) is 248 Å². The maximum atomic E-state index is 5.04. The summed E-state index contributed by atoms with van der Waals surface area (Å²) in [6.07, 6.45) is 28.0. The molecule has 4 aliphatic carbocycles. The molecule has 0 spiro atoms. The van der Waals surface area contributed by atoms with Gasteiger partial charge in [-0.3, -0.25) is 19.9 Å². The fourth-order valence-electron chi connectivity index (χ4n) is 14.5. The van der Waals surface area contributed by atoms with Gasteiger partial charge < -0.3 is 9.13 Å². The Morgan fingerprint density at radius 1 is 0.458 bits per heavy atom. The highest BCUT2D eigenvalue weighted by Gasteiger charge is 2.34. The van der Waals surface area contributed by atoms with Crippen molar-refractivity contribution in [3.05, 3.63) is 282 Å². The van der Waals surface area contributed by atoms with Crippen LogP contribution in [0.5, 0.6) is 0 Å². The quantitative estimate of drug-likeness (QED) is 0.152. The van der Waals surface area contributed by atoms with Gasteiger partial charge in [0.05, 0.1) is 38.8 Å². The zero-order chi connectivity index (χ0) is 54.8. The third-order valence-electron chi connectivity index (χ3n) is 18.6. The molecule has 6 heteroatoms. The number of benzene rings is 7. The summed E-state index contributed by atoms with van der Waals surface area (Å²) in [5.41, 5.74) is 32.7. The molecular weight excluding hydrogens is 1010 g/mol. The summed E-state index contributed by atoms with van der Waals surface area (Å²) in [5, 5.41) is 2.32. The van der Waals surface area contributed by atoms with Gasteiger partial charge in [0.2, 0.25) is 0 Å². The minimum absolute atomic E-state index is 0.242. The lowest BCUT2D eigenvalue weighted by Crippen LogP contribution is -2.25. The lowest BCUT2D eigenvalue weighted by molar-refractivity contribution is 0.619. The summed E-state index contributed by atoms with van der Waals surface area (Å²) in [5.74, 6) is 0. The van der Waals surface area contributed by atoms with Crippen LogP contribution in [0.1, 0.15) is 78.1 Å². The number of fused-ring (bicyclic) bond motifs is 12. The molecule has 1 atom stereocenters. The number of aliphatic imine (C=N–C) groups is 1. The highest BCUT2D eigenvalue weighted by atomic mass is 15.0. The number of nitrogens with zero attached hydrogens (tertiary/aromatic N) is 6. The highest BCUT2D eigenvalue weighted by Crippen LogP contribution is 2.48. The van der Waals surface area contributed by atoms with Crippen LogP contribution in [-0.4, -0.2) is 29.8 Å². The number of allylic oxidation sites excluding steroid dienone is 9. The second-order valence-corrected chi connectivity index (χ2v) is 23.3. The summed E-state index contributed by atoms with van der Waals surface area (Å²) in [6, 6.07) is 66.1. The topological polar surface area (TPSA) is 60.9 Å². The Kier molecular flexibility index (Phi) is 10.8. The smallest absolute Gasteiger partial charge is 0.0963 e. The summed E-state index contributed by atoms with van der Waals surface area (Å²) < 4.78 is 4.82. The van der Waals surface area contributed by atoms with Crippen LogP contribution in [0.3, 0.4) is 0 Å².